The Kier molecular flexibility index (Phi) is 7.12. The predicted molar refractivity (Wildman–Crippen MR) is 112 cm³/mol. The van der Waals surface area contributed by atoms with Gasteiger partial charge in [0.1, 0.15) is 12.1 Å². The van der Waals surface area contributed by atoms with Gasteiger partial charge >= 0.3 is 5.69 Å². The van der Waals surface area contributed by atoms with Gasteiger partial charge in [0.15, 0.2) is 0 Å². The van der Waals surface area contributed by atoms with Crippen LogP contribution in [0.1, 0.15) is 12.8 Å². The number of aromatic nitrogens is 2. The molecular formula is C20H21FN8O2. The zero-order chi connectivity index (χ0) is 22.2. The minimum absolute atomic E-state index is 0.112. The molecule has 0 aliphatic carbocycles. The summed E-state index contributed by atoms with van der Waals surface area (Å²) in [5.74, 6) is 0.0259. The summed E-state index contributed by atoms with van der Waals surface area (Å²) in [6.45, 7) is 2.63. The van der Waals surface area contributed by atoms with E-state index in [4.69, 9.17) is 10.5 Å². The predicted octanol–water partition coefficient (Wildman–Crippen LogP) is 2.48. The van der Waals surface area contributed by atoms with Gasteiger partial charge in [0.05, 0.1) is 29.9 Å². The normalized spacial score (nSPS) is 13.4. The van der Waals surface area contributed by atoms with Gasteiger partial charge in [-0.25, -0.2) is 14.4 Å². The van der Waals surface area contributed by atoms with E-state index >= 15 is 0 Å². The van der Waals surface area contributed by atoms with Crippen molar-refractivity contribution in [2.45, 2.75) is 12.8 Å². The molecule has 1 saturated heterocycles. The van der Waals surface area contributed by atoms with E-state index < -0.39 is 4.92 Å². The Bertz CT molecular complexity index is 976. The van der Waals surface area contributed by atoms with E-state index in [9.17, 15) is 14.5 Å². The average Bonchev–Trinajstić information content (AvgIpc) is 2.79. The van der Waals surface area contributed by atoms with Crippen molar-refractivity contribution in [1.29, 1.82) is 10.5 Å². The molecule has 11 heteroatoms. The van der Waals surface area contributed by atoms with Crippen LogP contribution in [0.25, 0.3) is 0 Å². The van der Waals surface area contributed by atoms with E-state index in [0.717, 1.165) is 5.69 Å². The molecule has 0 radical (unpaired) electrons. The molecule has 0 N–H and O–H groups in total. The van der Waals surface area contributed by atoms with Crippen LogP contribution in [0.4, 0.5) is 27.4 Å². The van der Waals surface area contributed by atoms with E-state index in [-0.39, 0.29) is 49.1 Å². The van der Waals surface area contributed by atoms with Crippen LogP contribution in [0.2, 0.25) is 0 Å². The Balaban J connectivity index is 1.84. The number of piperazine rings is 1. The highest BCUT2D eigenvalue weighted by Crippen LogP contribution is 2.35. The third-order valence-electron chi connectivity index (χ3n) is 5.02. The highest BCUT2D eigenvalue weighted by molar-refractivity contribution is 5.71. The highest BCUT2D eigenvalue weighted by Gasteiger charge is 2.31. The summed E-state index contributed by atoms with van der Waals surface area (Å²) in [6, 6.07) is 10.3. The van der Waals surface area contributed by atoms with Crippen LogP contribution in [0.3, 0.4) is 0 Å². The number of rotatable bonds is 8. The topological polar surface area (TPSA) is 126 Å². The van der Waals surface area contributed by atoms with Gasteiger partial charge in [-0.15, -0.1) is 0 Å². The number of nitro groups is 1. The summed E-state index contributed by atoms with van der Waals surface area (Å²) < 4.78 is 13.2. The lowest BCUT2D eigenvalue weighted by Gasteiger charge is -2.36. The standard InChI is InChI=1S/C20H21FN8O2/c21-16-3-5-17(6-4-16)26-11-13-28(14-12-26)20-18(29(30)31)19(24-15-25-20)27(9-1-7-22)10-2-8-23/h3-6,15H,1-2,9-14H2. The lowest BCUT2D eigenvalue weighted by atomic mass is 10.2. The first-order valence-corrected chi connectivity index (χ1v) is 9.79. The van der Waals surface area contributed by atoms with Crippen molar-refractivity contribution in [3.63, 3.8) is 0 Å². The quantitative estimate of drug-likeness (QED) is 0.464. The van der Waals surface area contributed by atoms with Crippen molar-refractivity contribution in [2.24, 2.45) is 0 Å². The highest BCUT2D eigenvalue weighted by atomic mass is 19.1. The molecule has 0 unspecified atom stereocenters. The molecule has 1 aromatic carbocycles. The maximum atomic E-state index is 13.2. The Morgan fingerprint density at radius 3 is 2.16 bits per heavy atom. The van der Waals surface area contributed by atoms with Gasteiger partial charge in [0.25, 0.3) is 0 Å². The monoisotopic (exact) mass is 424 g/mol. The minimum atomic E-state index is -0.511. The fraction of sp³-hybridized carbons (Fsp3) is 0.400. The molecule has 160 valence electrons. The Morgan fingerprint density at radius 2 is 1.61 bits per heavy atom. The molecule has 1 aliphatic rings. The van der Waals surface area contributed by atoms with Gasteiger partial charge < -0.3 is 14.7 Å². The lowest BCUT2D eigenvalue weighted by Crippen LogP contribution is -2.47. The Hall–Kier alpha value is -3.99. The van der Waals surface area contributed by atoms with Crippen LogP contribution >= 0.6 is 0 Å². The minimum Gasteiger partial charge on any atom is -0.368 e. The number of halogens is 1. The van der Waals surface area contributed by atoms with E-state index in [2.05, 4.69) is 14.9 Å². The number of hydrogen-bond acceptors (Lipinski definition) is 9. The number of hydrogen-bond donors (Lipinski definition) is 0. The van der Waals surface area contributed by atoms with Crippen molar-refractivity contribution in [3.8, 4) is 12.1 Å². The molecule has 0 amide bonds. The van der Waals surface area contributed by atoms with Crippen LogP contribution in [0.5, 0.6) is 0 Å². The maximum absolute atomic E-state index is 13.2. The molecule has 2 aromatic rings. The third kappa shape index (κ3) is 5.14. The SMILES string of the molecule is N#CCCN(CCC#N)c1ncnc(N2CCN(c3ccc(F)cc3)CC2)c1[N+](=O)[O-]. The van der Waals surface area contributed by atoms with Crippen molar-refractivity contribution >= 4 is 23.0 Å². The second-order valence-corrected chi connectivity index (χ2v) is 6.88. The van der Waals surface area contributed by atoms with Gasteiger partial charge in [-0.1, -0.05) is 0 Å². The largest absolute Gasteiger partial charge is 0.368 e. The fourth-order valence-electron chi connectivity index (χ4n) is 3.51. The first kappa shape index (κ1) is 21.7. The second kappa shape index (κ2) is 10.2. The van der Waals surface area contributed by atoms with Crippen LogP contribution in [-0.4, -0.2) is 54.2 Å². The number of nitriles is 2. The first-order chi connectivity index (χ1) is 15.0. The van der Waals surface area contributed by atoms with Crippen LogP contribution in [-0.2, 0) is 0 Å². The third-order valence-corrected chi connectivity index (χ3v) is 5.02. The van der Waals surface area contributed by atoms with Gasteiger partial charge in [0.2, 0.25) is 11.6 Å². The number of nitrogens with zero attached hydrogens (tertiary/aromatic N) is 8. The van der Waals surface area contributed by atoms with Crippen molar-refractivity contribution in [3.05, 3.63) is 46.5 Å². The number of benzene rings is 1. The lowest BCUT2D eigenvalue weighted by molar-refractivity contribution is -0.383. The van der Waals surface area contributed by atoms with E-state index in [1.807, 2.05) is 17.0 Å². The zero-order valence-corrected chi connectivity index (χ0v) is 16.8. The molecule has 31 heavy (non-hydrogen) atoms. The summed E-state index contributed by atoms with van der Waals surface area (Å²) >= 11 is 0. The second-order valence-electron chi connectivity index (χ2n) is 6.88. The molecular weight excluding hydrogens is 403 g/mol. The first-order valence-electron chi connectivity index (χ1n) is 9.79. The van der Waals surface area contributed by atoms with Crippen molar-refractivity contribution in [1.82, 2.24) is 9.97 Å². The van der Waals surface area contributed by atoms with E-state index in [1.165, 1.54) is 18.5 Å². The Morgan fingerprint density at radius 1 is 1.03 bits per heavy atom. The fourth-order valence-corrected chi connectivity index (χ4v) is 3.51. The molecule has 0 bridgehead atoms. The van der Waals surface area contributed by atoms with Gasteiger partial charge in [-0.3, -0.25) is 10.1 Å². The maximum Gasteiger partial charge on any atom is 0.353 e. The summed E-state index contributed by atoms with van der Waals surface area (Å²) in [7, 11) is 0. The van der Waals surface area contributed by atoms with Gasteiger partial charge in [0, 0.05) is 45.0 Å². The Labute approximate surface area is 178 Å². The van der Waals surface area contributed by atoms with Gasteiger partial charge in [-0.2, -0.15) is 10.5 Å². The van der Waals surface area contributed by atoms with E-state index in [1.54, 1.807) is 17.0 Å². The summed E-state index contributed by atoms with van der Waals surface area (Å²) in [5.41, 5.74) is 0.659. The van der Waals surface area contributed by atoms with E-state index in [0.29, 0.717) is 26.2 Å². The average molecular weight is 424 g/mol. The van der Waals surface area contributed by atoms with Crippen LogP contribution < -0.4 is 14.7 Å². The number of anilines is 3. The zero-order valence-electron chi connectivity index (χ0n) is 16.8. The molecule has 0 atom stereocenters. The van der Waals surface area contributed by atoms with Crippen LogP contribution in [0, 0.1) is 38.6 Å². The van der Waals surface area contributed by atoms with Crippen molar-refractivity contribution in [2.75, 3.05) is 54.0 Å². The molecule has 0 saturated carbocycles. The van der Waals surface area contributed by atoms with Crippen molar-refractivity contribution < 1.29 is 9.31 Å². The van der Waals surface area contributed by atoms with Crippen LogP contribution in [0.15, 0.2) is 30.6 Å². The molecule has 3 rings (SSSR count). The molecule has 1 aromatic heterocycles. The van der Waals surface area contributed by atoms with Gasteiger partial charge in [-0.05, 0) is 24.3 Å². The smallest absolute Gasteiger partial charge is 0.353 e. The molecule has 1 fully saturated rings. The summed E-state index contributed by atoms with van der Waals surface area (Å²) in [5, 5.41) is 29.8. The summed E-state index contributed by atoms with van der Waals surface area (Å²) in [6.07, 6.45) is 1.58. The molecule has 0 spiro atoms. The molecule has 1 aliphatic heterocycles. The summed E-state index contributed by atoms with van der Waals surface area (Å²) in [4.78, 5) is 25.2. The molecule has 2 heterocycles. The molecule has 10 nitrogen and oxygen atoms in total.